The molecule has 6 rings (SSSR count). The summed E-state index contributed by atoms with van der Waals surface area (Å²) < 4.78 is 0. The van der Waals surface area contributed by atoms with Gasteiger partial charge < -0.3 is 0 Å². The van der Waals surface area contributed by atoms with Crippen molar-refractivity contribution in [3.05, 3.63) is 99.9 Å². The quantitative estimate of drug-likeness (QED) is 0.493. The van der Waals surface area contributed by atoms with E-state index in [1.807, 2.05) is 0 Å². The van der Waals surface area contributed by atoms with Crippen LogP contribution in [0.3, 0.4) is 0 Å². The Morgan fingerprint density at radius 1 is 0.474 bits per heavy atom. The van der Waals surface area contributed by atoms with Crippen molar-refractivity contribution in [2.24, 2.45) is 35.9 Å². The van der Waals surface area contributed by atoms with Gasteiger partial charge in [-0.25, -0.2) is 0 Å². The van der Waals surface area contributed by atoms with E-state index in [-0.39, 0.29) is 0 Å². The molecule has 0 aromatic heterocycles. The molecule has 0 saturated heterocycles. The fraction of sp³-hybridized carbons (Fsp3) is 0.438. The van der Waals surface area contributed by atoms with Crippen molar-refractivity contribution in [1.82, 2.24) is 0 Å². The van der Waals surface area contributed by atoms with Crippen LogP contribution in [0.1, 0.15) is 55.6 Å². The van der Waals surface area contributed by atoms with Crippen molar-refractivity contribution in [3.8, 4) is 0 Å². The van der Waals surface area contributed by atoms with Gasteiger partial charge in [0.1, 0.15) is 20.0 Å². The fourth-order valence-electron chi connectivity index (χ4n) is 6.41. The molecule has 3 aliphatic rings. The highest BCUT2D eigenvalue weighted by Crippen LogP contribution is 2.22. The first-order valence-electron chi connectivity index (χ1n) is 13.7. The third-order valence-electron chi connectivity index (χ3n) is 9.06. The Hall–Kier alpha value is -3.54. The summed E-state index contributed by atoms with van der Waals surface area (Å²) in [6.07, 6.45) is 2.80. The van der Waals surface area contributed by atoms with Crippen LogP contribution in [-0.4, -0.2) is 20.0 Å². The number of benzene rings is 3. The Morgan fingerprint density at radius 3 is 1.39 bits per heavy atom. The molecule has 194 valence electrons. The molecule has 0 radical (unpaired) electrons. The van der Waals surface area contributed by atoms with Gasteiger partial charge in [-0.05, 0) is 129 Å². The largest absolute Gasteiger partial charge is 0.259 e. The van der Waals surface area contributed by atoms with E-state index in [4.69, 9.17) is 30.0 Å². The van der Waals surface area contributed by atoms with Crippen molar-refractivity contribution >= 4 is 0 Å². The van der Waals surface area contributed by atoms with Crippen LogP contribution in [0.2, 0.25) is 0 Å². The van der Waals surface area contributed by atoms with Crippen LogP contribution >= 0.6 is 0 Å². The lowest BCUT2D eigenvalue weighted by Gasteiger charge is -2.21. The van der Waals surface area contributed by atoms with Crippen LogP contribution in [0.25, 0.3) is 0 Å². The molecular formula is C32H36N6. The predicted molar refractivity (Wildman–Crippen MR) is 149 cm³/mol. The average Bonchev–Trinajstić information content (AvgIpc) is 3.67. The van der Waals surface area contributed by atoms with Gasteiger partial charge in [-0.1, -0.05) is 12.1 Å². The summed E-state index contributed by atoms with van der Waals surface area (Å²) >= 11 is 0. The molecule has 38 heavy (non-hydrogen) atoms. The molecule has 3 aromatic carbocycles. The number of rotatable bonds is 6. The second-order valence-electron chi connectivity index (χ2n) is 11.3. The molecule has 0 saturated carbocycles. The number of aryl methyl sites for hydroxylation is 2. The normalized spacial score (nSPS) is 14.6. The van der Waals surface area contributed by atoms with Gasteiger partial charge in [-0.15, -0.1) is 0 Å². The molecule has 3 aromatic rings. The first kappa shape index (κ1) is 24.8. The Balaban J connectivity index is 1.50. The van der Waals surface area contributed by atoms with E-state index >= 15 is 0 Å². The molecule has 6 nitrogen and oxygen atoms in total. The highest BCUT2D eigenvalue weighted by atomic mass is 15.0. The highest BCUT2D eigenvalue weighted by molar-refractivity contribution is 5.40. The molecule has 0 bridgehead atoms. The summed E-state index contributed by atoms with van der Waals surface area (Å²) in [5, 5.41) is 6.53. The smallest absolute Gasteiger partial charge is 0.130 e. The van der Waals surface area contributed by atoms with Crippen LogP contribution in [0.4, 0.5) is 0 Å². The van der Waals surface area contributed by atoms with E-state index in [2.05, 4.69) is 60.6 Å². The standard InChI is InChI=1S/C32H36N6/c1-16-8-24(30-27(18(16)3)33-13-36-30)10-23(11-25-9-17(2)19(4)28-31(25)37-14-34-28)12-26-21(6)20(5)22(7)29-32(26)38-15-35-29/h8-9,23H,10-15H2,1-7H3. The Bertz CT molecular complexity index is 1810. The van der Waals surface area contributed by atoms with Crippen molar-refractivity contribution in [1.29, 1.82) is 0 Å². The third kappa shape index (κ3) is 3.93. The molecule has 3 heterocycles. The van der Waals surface area contributed by atoms with E-state index < -0.39 is 0 Å². The van der Waals surface area contributed by atoms with Crippen LogP contribution < -0.4 is 32.1 Å². The van der Waals surface area contributed by atoms with Crippen molar-refractivity contribution < 1.29 is 0 Å². The second kappa shape index (κ2) is 9.33. The number of hydrogen-bond donors (Lipinski definition) is 0. The molecule has 3 aliphatic heterocycles. The molecule has 0 fully saturated rings. The van der Waals surface area contributed by atoms with E-state index in [0.29, 0.717) is 25.9 Å². The van der Waals surface area contributed by atoms with Crippen molar-refractivity contribution in [3.63, 3.8) is 0 Å². The zero-order chi connectivity index (χ0) is 26.7. The van der Waals surface area contributed by atoms with Gasteiger partial charge in [0.25, 0.3) is 0 Å². The summed E-state index contributed by atoms with van der Waals surface area (Å²) in [5.74, 6) is 0.347. The summed E-state index contributed by atoms with van der Waals surface area (Å²) in [5.41, 5.74) is 13.0. The van der Waals surface area contributed by atoms with Crippen LogP contribution in [0, 0.1) is 54.4 Å². The SMILES string of the molecule is Cc1cc(CC(Cc2cc(C)c(C)c3c2=NCN=3)Cc2c(C)c(C)c(C)c3c2=NCN=3)c2c(c1C)=NCN=2. The fourth-order valence-corrected chi connectivity index (χ4v) is 6.41. The lowest BCUT2D eigenvalue weighted by atomic mass is 9.83. The predicted octanol–water partition coefficient (Wildman–Crippen LogP) is 2.12. The molecule has 0 amide bonds. The Kier molecular flexibility index (Phi) is 6.09. The minimum atomic E-state index is 0.347. The van der Waals surface area contributed by atoms with Gasteiger partial charge in [0.2, 0.25) is 0 Å². The van der Waals surface area contributed by atoms with Gasteiger partial charge in [0.15, 0.2) is 0 Å². The van der Waals surface area contributed by atoms with E-state index in [0.717, 1.165) is 51.4 Å². The summed E-state index contributed by atoms with van der Waals surface area (Å²) in [6.45, 7) is 17.0. The van der Waals surface area contributed by atoms with Crippen LogP contribution in [0.5, 0.6) is 0 Å². The minimum Gasteiger partial charge on any atom is -0.259 e. The molecule has 0 atom stereocenters. The Morgan fingerprint density at radius 2 is 0.895 bits per heavy atom. The van der Waals surface area contributed by atoms with Gasteiger partial charge in [-0.3, -0.25) is 30.0 Å². The van der Waals surface area contributed by atoms with E-state index in [1.54, 1.807) is 0 Å². The maximum atomic E-state index is 4.86. The first-order chi connectivity index (χ1) is 18.2. The monoisotopic (exact) mass is 504 g/mol. The maximum Gasteiger partial charge on any atom is 0.130 e. The maximum absolute atomic E-state index is 4.86. The van der Waals surface area contributed by atoms with Crippen LogP contribution in [0.15, 0.2) is 42.1 Å². The van der Waals surface area contributed by atoms with Gasteiger partial charge in [0.05, 0.1) is 32.1 Å². The molecule has 0 aliphatic carbocycles. The molecule has 0 unspecified atom stereocenters. The number of fused-ring (bicyclic) bond motifs is 3. The highest BCUT2D eigenvalue weighted by Gasteiger charge is 2.22. The first-order valence-corrected chi connectivity index (χ1v) is 13.7. The van der Waals surface area contributed by atoms with Crippen molar-refractivity contribution in [2.45, 2.75) is 67.7 Å². The van der Waals surface area contributed by atoms with E-state index in [1.165, 1.54) is 55.6 Å². The topological polar surface area (TPSA) is 74.2 Å². The van der Waals surface area contributed by atoms with Crippen LogP contribution in [-0.2, 0) is 19.3 Å². The van der Waals surface area contributed by atoms with Gasteiger partial charge in [-0.2, -0.15) is 0 Å². The Labute approximate surface area is 223 Å². The van der Waals surface area contributed by atoms with Gasteiger partial charge >= 0.3 is 0 Å². The zero-order valence-corrected chi connectivity index (χ0v) is 23.7. The third-order valence-corrected chi connectivity index (χ3v) is 9.06. The molecule has 0 N–H and O–H groups in total. The number of hydrogen-bond acceptors (Lipinski definition) is 6. The zero-order valence-electron chi connectivity index (χ0n) is 23.7. The lowest BCUT2D eigenvalue weighted by Crippen LogP contribution is -2.36. The average molecular weight is 505 g/mol. The summed E-state index contributed by atoms with van der Waals surface area (Å²) in [6, 6.07) is 4.68. The van der Waals surface area contributed by atoms with Gasteiger partial charge in [0, 0.05) is 0 Å². The lowest BCUT2D eigenvalue weighted by molar-refractivity contribution is 0.510. The molecule has 6 heteroatoms. The van der Waals surface area contributed by atoms with E-state index in [9.17, 15) is 0 Å². The minimum absolute atomic E-state index is 0.347. The summed E-state index contributed by atoms with van der Waals surface area (Å²) in [7, 11) is 0. The summed E-state index contributed by atoms with van der Waals surface area (Å²) in [4.78, 5) is 28.7. The second-order valence-corrected chi connectivity index (χ2v) is 11.3. The molecule has 0 spiro atoms. The number of nitrogens with zero attached hydrogens (tertiary/aromatic N) is 6. The molecular weight excluding hydrogens is 468 g/mol. The van der Waals surface area contributed by atoms with Crippen molar-refractivity contribution in [2.75, 3.05) is 20.0 Å².